The molecule has 0 atom stereocenters. The summed E-state index contributed by atoms with van der Waals surface area (Å²) < 4.78 is 81.8. The third-order valence-electron chi connectivity index (χ3n) is 3.41. The van der Waals surface area contributed by atoms with E-state index in [-0.39, 0.29) is 28.4 Å². The zero-order valence-corrected chi connectivity index (χ0v) is 16.3. The van der Waals surface area contributed by atoms with Gasteiger partial charge in [-0.1, -0.05) is 23.2 Å². The largest absolute Gasteiger partial charge is 0.481 e. The van der Waals surface area contributed by atoms with Crippen LogP contribution in [0.1, 0.15) is 17.5 Å². The van der Waals surface area contributed by atoms with Gasteiger partial charge < -0.3 is 9.84 Å². The van der Waals surface area contributed by atoms with Gasteiger partial charge in [0.05, 0.1) is 15.6 Å². The number of aliphatic carboxylic acids is 1. The number of halogens is 8. The minimum absolute atomic E-state index is 0.0337. The number of carboxylic acids is 1. The Kier molecular flexibility index (Phi) is 7.23. The molecule has 2 rings (SSSR count). The van der Waals surface area contributed by atoms with Crippen molar-refractivity contribution in [3.8, 4) is 11.5 Å². The molecule has 0 saturated heterocycles. The molecule has 2 aromatic carbocycles. The zero-order chi connectivity index (χ0) is 22.0. The summed E-state index contributed by atoms with van der Waals surface area (Å²) in [5.74, 6) is -1.60. The van der Waals surface area contributed by atoms with Gasteiger partial charge in [0, 0.05) is 11.3 Å². The Morgan fingerprint density at radius 3 is 2.10 bits per heavy atom. The maximum Gasteiger partial charge on any atom is 0.446 e. The molecule has 0 saturated carbocycles. The maximum atomic E-state index is 12.8. The van der Waals surface area contributed by atoms with Gasteiger partial charge in [-0.15, -0.1) is 0 Å². The van der Waals surface area contributed by atoms with Crippen LogP contribution in [0.5, 0.6) is 11.5 Å². The molecule has 1 N–H and O–H groups in total. The van der Waals surface area contributed by atoms with Crippen LogP contribution in [0.15, 0.2) is 35.2 Å². The van der Waals surface area contributed by atoms with E-state index in [1.54, 1.807) is 0 Å². The molecular formula is C17H10Cl2F6O3S. The van der Waals surface area contributed by atoms with Crippen molar-refractivity contribution < 1.29 is 41.0 Å². The number of thioether (sulfide) groups is 1. The summed E-state index contributed by atoms with van der Waals surface area (Å²) in [6.45, 7) is 0. The highest BCUT2D eigenvalue weighted by Crippen LogP contribution is 2.43. The van der Waals surface area contributed by atoms with Crippen molar-refractivity contribution in [2.24, 2.45) is 0 Å². The van der Waals surface area contributed by atoms with E-state index in [1.165, 1.54) is 0 Å². The van der Waals surface area contributed by atoms with Gasteiger partial charge >= 0.3 is 17.7 Å². The van der Waals surface area contributed by atoms with Gasteiger partial charge in [0.25, 0.3) is 0 Å². The minimum atomic E-state index is -4.69. The van der Waals surface area contributed by atoms with Crippen LogP contribution < -0.4 is 4.74 Å². The molecular weight excluding hydrogens is 469 g/mol. The molecule has 0 aliphatic heterocycles. The predicted molar refractivity (Wildman–Crippen MR) is 95.8 cm³/mol. The summed E-state index contributed by atoms with van der Waals surface area (Å²) in [6.07, 6.45) is -5.34. The van der Waals surface area contributed by atoms with Gasteiger partial charge in [0.1, 0.15) is 5.75 Å². The number of carboxylic acid groups (broad SMARTS) is 1. The number of rotatable bonds is 6. The molecule has 3 nitrogen and oxygen atoms in total. The lowest BCUT2D eigenvalue weighted by Gasteiger charge is -2.15. The number of benzene rings is 2. The molecule has 0 bridgehead atoms. The Morgan fingerprint density at radius 1 is 1.03 bits per heavy atom. The van der Waals surface area contributed by atoms with Crippen molar-refractivity contribution in [1.29, 1.82) is 0 Å². The molecule has 0 aromatic heterocycles. The Labute approximate surface area is 174 Å². The Bertz CT molecular complexity index is 892. The maximum absolute atomic E-state index is 12.8. The molecule has 0 spiro atoms. The number of aryl methyl sites for hydroxylation is 1. The van der Waals surface area contributed by atoms with Crippen molar-refractivity contribution in [3.63, 3.8) is 0 Å². The molecule has 0 amide bonds. The highest BCUT2D eigenvalue weighted by Gasteiger charge is 2.33. The molecule has 29 heavy (non-hydrogen) atoms. The molecule has 2 aromatic rings. The van der Waals surface area contributed by atoms with Crippen molar-refractivity contribution in [2.75, 3.05) is 0 Å². The zero-order valence-electron chi connectivity index (χ0n) is 14.0. The number of carbonyl (C=O) groups is 1. The van der Waals surface area contributed by atoms with E-state index in [4.69, 9.17) is 33.0 Å². The van der Waals surface area contributed by atoms with E-state index < -0.39 is 51.4 Å². The fourth-order valence-electron chi connectivity index (χ4n) is 2.22. The van der Waals surface area contributed by atoms with Gasteiger partial charge in [0.15, 0.2) is 5.75 Å². The second-order valence-corrected chi connectivity index (χ2v) is 7.50. The number of hydrogen-bond donors (Lipinski definition) is 1. The first-order valence-electron chi connectivity index (χ1n) is 7.61. The third-order valence-corrected chi connectivity index (χ3v) is 4.82. The normalized spacial score (nSPS) is 12.1. The highest BCUT2D eigenvalue weighted by atomic mass is 35.5. The summed E-state index contributed by atoms with van der Waals surface area (Å²) in [7, 11) is 0. The van der Waals surface area contributed by atoms with Gasteiger partial charge in [0.2, 0.25) is 0 Å². The fraction of sp³-hybridized carbons (Fsp3) is 0.235. The summed E-state index contributed by atoms with van der Waals surface area (Å²) in [5.41, 5.74) is -5.66. The van der Waals surface area contributed by atoms with E-state index in [9.17, 15) is 31.1 Å². The van der Waals surface area contributed by atoms with E-state index in [0.29, 0.717) is 12.1 Å². The van der Waals surface area contributed by atoms with Gasteiger partial charge in [-0.3, -0.25) is 4.79 Å². The van der Waals surface area contributed by atoms with Gasteiger partial charge in [-0.2, -0.15) is 26.3 Å². The lowest BCUT2D eigenvalue weighted by atomic mass is 10.1. The summed E-state index contributed by atoms with van der Waals surface area (Å²) in [6, 6.07) is 4.56. The lowest BCUT2D eigenvalue weighted by molar-refractivity contribution is -0.138. The number of alkyl halides is 6. The molecule has 0 heterocycles. The molecule has 0 fully saturated rings. The summed E-state index contributed by atoms with van der Waals surface area (Å²) >= 11 is 11.2. The Balaban J connectivity index is 2.38. The Hall–Kier alpha value is -1.78. The molecule has 12 heteroatoms. The van der Waals surface area contributed by atoms with Crippen LogP contribution in [-0.2, 0) is 17.4 Å². The first-order valence-corrected chi connectivity index (χ1v) is 9.18. The summed E-state index contributed by atoms with van der Waals surface area (Å²) in [5, 5.41) is 7.87. The second kappa shape index (κ2) is 8.93. The average molecular weight is 479 g/mol. The van der Waals surface area contributed by atoms with Gasteiger partial charge in [-0.25, -0.2) is 0 Å². The molecule has 0 unspecified atom stereocenters. The van der Waals surface area contributed by atoms with Crippen LogP contribution in [0.2, 0.25) is 10.0 Å². The quantitative estimate of drug-likeness (QED) is 0.346. The topological polar surface area (TPSA) is 46.5 Å². The van der Waals surface area contributed by atoms with E-state index in [1.807, 2.05) is 0 Å². The lowest BCUT2D eigenvalue weighted by Crippen LogP contribution is -2.05. The summed E-state index contributed by atoms with van der Waals surface area (Å²) in [4.78, 5) is 10.5. The molecule has 0 aliphatic carbocycles. The number of hydrogen-bond acceptors (Lipinski definition) is 3. The first-order chi connectivity index (χ1) is 13.3. The van der Waals surface area contributed by atoms with Crippen molar-refractivity contribution in [3.05, 3.63) is 51.5 Å². The predicted octanol–water partition coefficient (Wildman–Crippen LogP) is 7.43. The third kappa shape index (κ3) is 6.90. The van der Waals surface area contributed by atoms with Crippen molar-refractivity contribution in [2.45, 2.75) is 29.4 Å². The second-order valence-electron chi connectivity index (χ2n) is 5.58. The number of ether oxygens (including phenoxy) is 1. The molecule has 158 valence electrons. The van der Waals surface area contributed by atoms with Crippen LogP contribution >= 0.6 is 35.0 Å². The SMILES string of the molecule is O=C(O)CCc1cc(Oc2c(Cl)cc(C(F)(F)F)cc2Cl)ccc1SC(F)(F)F. The highest BCUT2D eigenvalue weighted by molar-refractivity contribution is 8.00. The van der Waals surface area contributed by atoms with Gasteiger partial charge in [-0.05, 0) is 54.1 Å². The molecule has 0 aliphatic rings. The standard InChI is InChI=1S/C17H10Cl2F6O3S/c18-11-6-9(16(20,21)22)7-12(19)15(11)28-10-2-3-13(29-17(23,24)25)8(5-10)1-4-14(26)27/h2-3,5-7H,1,4H2,(H,26,27). The first kappa shape index (κ1) is 23.5. The van der Waals surface area contributed by atoms with Crippen molar-refractivity contribution >= 4 is 40.9 Å². The van der Waals surface area contributed by atoms with Crippen molar-refractivity contribution in [1.82, 2.24) is 0 Å². The minimum Gasteiger partial charge on any atom is -0.481 e. The van der Waals surface area contributed by atoms with E-state index >= 15 is 0 Å². The van der Waals surface area contributed by atoms with Crippen LogP contribution in [-0.4, -0.2) is 16.6 Å². The smallest absolute Gasteiger partial charge is 0.446 e. The Morgan fingerprint density at radius 2 is 1.62 bits per heavy atom. The van der Waals surface area contributed by atoms with Crippen LogP contribution in [0.25, 0.3) is 0 Å². The molecule has 0 radical (unpaired) electrons. The van der Waals surface area contributed by atoms with Crippen LogP contribution in [0.3, 0.4) is 0 Å². The average Bonchev–Trinajstić information content (AvgIpc) is 2.55. The van der Waals surface area contributed by atoms with Crippen LogP contribution in [0, 0.1) is 0 Å². The fourth-order valence-corrected chi connectivity index (χ4v) is 3.46. The van der Waals surface area contributed by atoms with E-state index in [0.717, 1.165) is 18.2 Å². The van der Waals surface area contributed by atoms with Crippen LogP contribution in [0.4, 0.5) is 26.3 Å². The monoisotopic (exact) mass is 478 g/mol. The van der Waals surface area contributed by atoms with E-state index in [2.05, 4.69) is 0 Å².